The van der Waals surface area contributed by atoms with Crippen LogP contribution < -0.4 is 21.0 Å². The fraction of sp³-hybridized carbons (Fsp3) is 0.214. The average molecular weight is 530 g/mol. The summed E-state index contributed by atoms with van der Waals surface area (Å²) < 4.78 is 16.6. The molecule has 3 N–H and O–H groups in total. The van der Waals surface area contributed by atoms with Gasteiger partial charge in [-0.05, 0) is 49.5 Å². The summed E-state index contributed by atoms with van der Waals surface area (Å²) >= 11 is 0. The summed E-state index contributed by atoms with van der Waals surface area (Å²) in [4.78, 5) is 37.6. The second-order valence-electron chi connectivity index (χ2n) is 9.25. The molecule has 3 heterocycles. The lowest BCUT2D eigenvalue weighted by atomic mass is 10.2. The highest BCUT2D eigenvalue weighted by molar-refractivity contribution is 5.99. The van der Waals surface area contributed by atoms with Crippen LogP contribution in [0.4, 0.5) is 27.4 Å². The standard InChI is InChI=1S/C28H28FN7O3/c1-3-26(39)31-18-5-4-6-20(13-18)36-21(17-37)15-25(38)22-16-30-28(33-27(22)36)32-19-7-8-24(23(29)14-19)35-11-9-34(2)10-12-35/h3-8,13-16,37H,1,9-12,17H2,2H3,(H,31,39)(H,30,32,33). The molecule has 11 heteroatoms. The SMILES string of the molecule is C=CC(=O)Nc1cccc(-n2c(CO)cc(=O)c3cnc(Nc4ccc(N5CCN(C)CC5)c(F)c4)nc32)c1. The van der Waals surface area contributed by atoms with Crippen molar-refractivity contribution in [3.63, 3.8) is 0 Å². The van der Waals surface area contributed by atoms with Gasteiger partial charge >= 0.3 is 0 Å². The van der Waals surface area contributed by atoms with Gasteiger partial charge in [0.1, 0.15) is 5.82 Å². The number of hydrogen-bond acceptors (Lipinski definition) is 8. The third-order valence-electron chi connectivity index (χ3n) is 6.60. The highest BCUT2D eigenvalue weighted by Crippen LogP contribution is 2.26. The van der Waals surface area contributed by atoms with Crippen molar-refractivity contribution in [1.29, 1.82) is 0 Å². The number of carbonyl (C=O) groups excluding carboxylic acids is 1. The number of aliphatic hydroxyl groups is 1. The van der Waals surface area contributed by atoms with E-state index in [0.29, 0.717) is 28.4 Å². The fourth-order valence-electron chi connectivity index (χ4n) is 4.55. The van der Waals surface area contributed by atoms with Crippen LogP contribution in [0.2, 0.25) is 0 Å². The minimum atomic E-state index is -0.430. The average Bonchev–Trinajstić information content (AvgIpc) is 2.93. The molecular formula is C28H28FN7O3. The Bertz CT molecular complexity index is 1610. The van der Waals surface area contributed by atoms with E-state index in [1.165, 1.54) is 18.3 Å². The lowest BCUT2D eigenvalue weighted by molar-refractivity contribution is -0.111. The molecule has 1 amide bonds. The topological polar surface area (TPSA) is 116 Å². The van der Waals surface area contributed by atoms with Gasteiger partial charge in [0.15, 0.2) is 11.1 Å². The number of nitrogens with one attached hydrogen (secondary N) is 2. The molecule has 39 heavy (non-hydrogen) atoms. The summed E-state index contributed by atoms with van der Waals surface area (Å²) in [6.45, 7) is 6.26. The van der Waals surface area contributed by atoms with Crippen LogP contribution in [0.3, 0.4) is 0 Å². The molecule has 0 aliphatic carbocycles. The van der Waals surface area contributed by atoms with Crippen LogP contribution in [0.1, 0.15) is 5.69 Å². The maximum Gasteiger partial charge on any atom is 0.247 e. The number of aliphatic hydroxyl groups excluding tert-OH is 1. The molecule has 0 saturated carbocycles. The maximum atomic E-state index is 15.0. The van der Waals surface area contributed by atoms with Crippen molar-refractivity contribution < 1.29 is 14.3 Å². The van der Waals surface area contributed by atoms with Crippen molar-refractivity contribution in [2.45, 2.75) is 6.61 Å². The Morgan fingerprint density at radius 3 is 2.64 bits per heavy atom. The van der Waals surface area contributed by atoms with E-state index >= 15 is 4.39 Å². The molecule has 1 fully saturated rings. The van der Waals surface area contributed by atoms with Crippen molar-refractivity contribution in [1.82, 2.24) is 19.4 Å². The zero-order valence-electron chi connectivity index (χ0n) is 21.4. The molecule has 2 aromatic carbocycles. The quantitative estimate of drug-likeness (QED) is 0.313. The molecule has 4 aromatic rings. The van der Waals surface area contributed by atoms with E-state index in [9.17, 15) is 14.7 Å². The van der Waals surface area contributed by atoms with Crippen molar-refractivity contribution in [3.8, 4) is 5.69 Å². The minimum Gasteiger partial charge on any atom is -0.390 e. The first-order valence-electron chi connectivity index (χ1n) is 12.4. The van der Waals surface area contributed by atoms with Gasteiger partial charge in [-0.15, -0.1) is 0 Å². The highest BCUT2D eigenvalue weighted by atomic mass is 19.1. The molecule has 1 saturated heterocycles. The van der Waals surface area contributed by atoms with Crippen LogP contribution in [-0.2, 0) is 11.4 Å². The Labute approximate surface area is 224 Å². The largest absolute Gasteiger partial charge is 0.390 e. The summed E-state index contributed by atoms with van der Waals surface area (Å²) in [5, 5.41) is 16.0. The van der Waals surface area contributed by atoms with Gasteiger partial charge in [-0.3, -0.25) is 14.2 Å². The number of likely N-dealkylation sites (N-methyl/N-ethyl adjacent to an activating group) is 1. The normalized spacial score (nSPS) is 13.9. The van der Waals surface area contributed by atoms with Gasteiger partial charge in [0.05, 0.1) is 23.4 Å². The third-order valence-corrected chi connectivity index (χ3v) is 6.60. The molecule has 1 aliphatic heterocycles. The number of carbonyl (C=O) groups is 1. The van der Waals surface area contributed by atoms with Crippen LogP contribution in [-0.4, -0.2) is 63.7 Å². The van der Waals surface area contributed by atoms with E-state index in [1.807, 2.05) is 11.9 Å². The maximum absolute atomic E-state index is 15.0. The summed E-state index contributed by atoms with van der Waals surface area (Å²) in [7, 11) is 2.05. The molecule has 2 aromatic heterocycles. The van der Waals surface area contributed by atoms with E-state index in [2.05, 4.69) is 32.1 Å². The van der Waals surface area contributed by atoms with Crippen LogP contribution in [0, 0.1) is 5.82 Å². The van der Waals surface area contributed by atoms with Crippen molar-refractivity contribution in [2.24, 2.45) is 0 Å². The van der Waals surface area contributed by atoms with Gasteiger partial charge < -0.3 is 25.5 Å². The molecule has 5 rings (SSSR count). The molecule has 1 aliphatic rings. The molecule has 200 valence electrons. The second kappa shape index (κ2) is 11.0. The van der Waals surface area contributed by atoms with Gasteiger partial charge in [0, 0.05) is 55.5 Å². The van der Waals surface area contributed by atoms with E-state index < -0.39 is 6.61 Å². The second-order valence-corrected chi connectivity index (χ2v) is 9.25. The number of halogens is 1. The smallest absolute Gasteiger partial charge is 0.247 e. The van der Waals surface area contributed by atoms with Crippen LogP contribution >= 0.6 is 0 Å². The number of pyridine rings is 1. The lowest BCUT2D eigenvalue weighted by Crippen LogP contribution is -2.44. The first kappa shape index (κ1) is 26.0. The van der Waals surface area contributed by atoms with Crippen molar-refractivity contribution in [2.75, 3.05) is 48.8 Å². The molecular weight excluding hydrogens is 501 g/mol. The van der Waals surface area contributed by atoms with Crippen molar-refractivity contribution >= 4 is 40.0 Å². The predicted molar refractivity (Wildman–Crippen MR) is 149 cm³/mol. The van der Waals surface area contributed by atoms with E-state index in [4.69, 9.17) is 0 Å². The van der Waals surface area contributed by atoms with Crippen LogP contribution in [0.25, 0.3) is 16.7 Å². The first-order valence-corrected chi connectivity index (χ1v) is 12.4. The van der Waals surface area contributed by atoms with Gasteiger partial charge in [0.2, 0.25) is 11.9 Å². The third kappa shape index (κ3) is 5.49. The predicted octanol–water partition coefficient (Wildman–Crippen LogP) is 3.03. The monoisotopic (exact) mass is 529 g/mol. The van der Waals surface area contributed by atoms with Crippen LogP contribution in [0.15, 0.2) is 72.2 Å². The minimum absolute atomic E-state index is 0.147. The van der Waals surface area contributed by atoms with Gasteiger partial charge in [-0.2, -0.15) is 4.98 Å². The lowest BCUT2D eigenvalue weighted by Gasteiger charge is -2.34. The summed E-state index contributed by atoms with van der Waals surface area (Å²) in [6.07, 6.45) is 2.55. The Balaban J connectivity index is 1.51. The number of hydrogen-bond donors (Lipinski definition) is 3. The van der Waals surface area contributed by atoms with Gasteiger partial charge in [0.25, 0.3) is 0 Å². The van der Waals surface area contributed by atoms with Gasteiger partial charge in [-0.25, -0.2) is 9.37 Å². The fourth-order valence-corrected chi connectivity index (χ4v) is 4.55. The molecule has 10 nitrogen and oxygen atoms in total. The number of amides is 1. The Kier molecular flexibility index (Phi) is 7.35. The number of rotatable bonds is 7. The zero-order valence-corrected chi connectivity index (χ0v) is 21.4. The Hall–Kier alpha value is -4.61. The zero-order chi connectivity index (χ0) is 27.5. The molecule has 0 radical (unpaired) electrons. The number of fused-ring (bicyclic) bond motifs is 1. The molecule has 0 atom stereocenters. The van der Waals surface area contributed by atoms with Crippen LogP contribution in [0.5, 0.6) is 0 Å². The van der Waals surface area contributed by atoms with E-state index in [1.54, 1.807) is 41.0 Å². The molecule has 0 unspecified atom stereocenters. The van der Waals surface area contributed by atoms with E-state index in [-0.39, 0.29) is 34.1 Å². The van der Waals surface area contributed by atoms with E-state index in [0.717, 1.165) is 32.3 Å². The number of anilines is 4. The highest BCUT2D eigenvalue weighted by Gasteiger charge is 2.18. The van der Waals surface area contributed by atoms with Crippen molar-refractivity contribution in [3.05, 3.63) is 89.1 Å². The summed E-state index contributed by atoms with van der Waals surface area (Å²) in [6, 6.07) is 13.1. The molecule has 0 bridgehead atoms. The number of aromatic nitrogens is 3. The summed E-state index contributed by atoms with van der Waals surface area (Å²) in [5.41, 5.74) is 2.23. The number of piperazine rings is 1. The van der Waals surface area contributed by atoms with Gasteiger partial charge in [-0.1, -0.05) is 12.6 Å². The summed E-state index contributed by atoms with van der Waals surface area (Å²) in [5.74, 6) is -0.587. The molecule has 0 spiro atoms. The number of benzene rings is 2. The Morgan fingerprint density at radius 2 is 1.92 bits per heavy atom. The first-order chi connectivity index (χ1) is 18.9. The number of nitrogens with zero attached hydrogens (tertiary/aromatic N) is 5. The Morgan fingerprint density at radius 1 is 1.13 bits per heavy atom.